The summed E-state index contributed by atoms with van der Waals surface area (Å²) in [5, 5.41) is 10.8. The van der Waals surface area contributed by atoms with E-state index in [0.717, 1.165) is 29.8 Å². The Hall–Kier alpha value is -2.78. The fraction of sp³-hybridized carbons (Fsp3) is 0.500. The van der Waals surface area contributed by atoms with Crippen LogP contribution in [-0.4, -0.2) is 56.5 Å². The molecule has 0 bridgehead atoms. The molecule has 1 amide bonds. The van der Waals surface area contributed by atoms with Crippen molar-refractivity contribution >= 4 is 16.9 Å². The zero-order valence-corrected chi connectivity index (χ0v) is 17.2. The Labute approximate surface area is 170 Å². The lowest BCUT2D eigenvalue weighted by Crippen LogP contribution is -2.26. The van der Waals surface area contributed by atoms with Crippen LogP contribution in [0.25, 0.3) is 11.0 Å². The first kappa shape index (κ1) is 20.9. The lowest BCUT2D eigenvalue weighted by Gasteiger charge is -2.16. The van der Waals surface area contributed by atoms with Gasteiger partial charge in [-0.25, -0.2) is 9.67 Å². The van der Waals surface area contributed by atoms with Gasteiger partial charge in [0, 0.05) is 26.3 Å². The van der Waals surface area contributed by atoms with Crippen LogP contribution in [0.15, 0.2) is 30.5 Å². The predicted octanol–water partition coefficient (Wildman–Crippen LogP) is 2.16. The van der Waals surface area contributed by atoms with Crippen LogP contribution in [0.1, 0.15) is 36.6 Å². The molecule has 156 valence electrons. The molecule has 0 fully saturated rings. The van der Waals surface area contributed by atoms with Gasteiger partial charge in [0.1, 0.15) is 5.82 Å². The number of rotatable bonds is 11. The van der Waals surface area contributed by atoms with Crippen molar-refractivity contribution < 1.29 is 14.3 Å². The number of nitrogens with one attached hydrogen (secondary N) is 1. The van der Waals surface area contributed by atoms with Crippen molar-refractivity contribution in [2.45, 2.75) is 46.6 Å². The van der Waals surface area contributed by atoms with Gasteiger partial charge in [-0.2, -0.15) is 0 Å². The lowest BCUT2D eigenvalue weighted by molar-refractivity contribution is -0.145. The van der Waals surface area contributed by atoms with E-state index in [0.29, 0.717) is 26.3 Å². The molecule has 0 saturated heterocycles. The van der Waals surface area contributed by atoms with E-state index in [1.807, 2.05) is 39.0 Å². The molecule has 0 atom stereocenters. The molecule has 29 heavy (non-hydrogen) atoms. The smallest absolute Gasteiger partial charge is 0.273 e. The summed E-state index contributed by atoms with van der Waals surface area (Å²) in [7, 11) is 0. The topological polar surface area (TPSA) is 96.1 Å². The zero-order chi connectivity index (χ0) is 20.6. The molecule has 9 heteroatoms. The Bertz CT molecular complexity index is 929. The van der Waals surface area contributed by atoms with Gasteiger partial charge in [0.05, 0.1) is 23.8 Å². The molecule has 2 aromatic heterocycles. The van der Waals surface area contributed by atoms with E-state index in [-0.39, 0.29) is 11.6 Å². The molecular formula is C20H28N6O3. The Balaban J connectivity index is 1.48. The van der Waals surface area contributed by atoms with Crippen LogP contribution in [0.5, 0.6) is 0 Å². The second-order valence-corrected chi connectivity index (χ2v) is 6.57. The van der Waals surface area contributed by atoms with Gasteiger partial charge in [-0.3, -0.25) is 4.79 Å². The van der Waals surface area contributed by atoms with Gasteiger partial charge in [-0.1, -0.05) is 17.3 Å². The van der Waals surface area contributed by atoms with Gasteiger partial charge < -0.3 is 19.4 Å². The number of benzene rings is 1. The molecule has 0 aliphatic rings. The molecule has 0 saturated carbocycles. The maximum atomic E-state index is 12.3. The third-order valence-electron chi connectivity index (χ3n) is 4.50. The van der Waals surface area contributed by atoms with E-state index in [9.17, 15) is 4.79 Å². The summed E-state index contributed by atoms with van der Waals surface area (Å²) in [5.74, 6) is 0.728. The van der Waals surface area contributed by atoms with Gasteiger partial charge in [0.15, 0.2) is 12.0 Å². The van der Waals surface area contributed by atoms with Crippen LogP contribution in [0, 0.1) is 6.92 Å². The molecule has 0 radical (unpaired) electrons. The Morgan fingerprint density at radius 3 is 2.72 bits per heavy atom. The minimum atomic E-state index is -0.407. The first-order valence-electron chi connectivity index (χ1n) is 9.95. The van der Waals surface area contributed by atoms with E-state index >= 15 is 0 Å². The number of imidazole rings is 1. The summed E-state index contributed by atoms with van der Waals surface area (Å²) in [5.41, 5.74) is 2.38. The summed E-state index contributed by atoms with van der Waals surface area (Å²) < 4.78 is 14.7. The molecular weight excluding hydrogens is 372 g/mol. The maximum Gasteiger partial charge on any atom is 0.273 e. The van der Waals surface area contributed by atoms with E-state index < -0.39 is 6.29 Å². The number of carbonyl (C=O) groups is 1. The van der Waals surface area contributed by atoms with E-state index in [1.165, 1.54) is 0 Å². The van der Waals surface area contributed by atoms with E-state index in [1.54, 1.807) is 10.9 Å². The maximum absolute atomic E-state index is 12.3. The molecule has 1 N–H and O–H groups in total. The third-order valence-corrected chi connectivity index (χ3v) is 4.50. The monoisotopic (exact) mass is 400 g/mol. The predicted molar refractivity (Wildman–Crippen MR) is 108 cm³/mol. The number of fused-ring (bicyclic) bond motifs is 1. The van der Waals surface area contributed by atoms with Crippen molar-refractivity contribution in [3.8, 4) is 0 Å². The van der Waals surface area contributed by atoms with Crippen molar-refractivity contribution in [3.63, 3.8) is 0 Å². The van der Waals surface area contributed by atoms with Gasteiger partial charge in [0.25, 0.3) is 5.91 Å². The Kier molecular flexibility index (Phi) is 7.31. The van der Waals surface area contributed by atoms with Gasteiger partial charge in [0.2, 0.25) is 0 Å². The largest absolute Gasteiger partial charge is 0.351 e. The molecule has 0 aliphatic heterocycles. The molecule has 0 unspecified atom stereocenters. The molecule has 0 spiro atoms. The van der Waals surface area contributed by atoms with Crippen LogP contribution in [0.3, 0.4) is 0 Å². The summed E-state index contributed by atoms with van der Waals surface area (Å²) in [6, 6.07) is 8.06. The van der Waals surface area contributed by atoms with Crippen molar-refractivity contribution in [2.24, 2.45) is 0 Å². The van der Waals surface area contributed by atoms with Crippen LogP contribution in [0.2, 0.25) is 0 Å². The molecule has 1 aromatic carbocycles. The van der Waals surface area contributed by atoms with Crippen molar-refractivity contribution in [1.29, 1.82) is 0 Å². The number of aromatic nitrogens is 5. The summed E-state index contributed by atoms with van der Waals surface area (Å²) in [4.78, 5) is 16.9. The standard InChI is InChI=1S/C20H28N6O3/c1-4-28-19(29-5-2)14-25-13-17(23-24-25)20(27)21-11-8-12-26-15(3)22-16-9-6-7-10-18(16)26/h6-7,9-10,13,19H,4-5,8,11-12,14H2,1-3H3,(H,21,27). The quantitative estimate of drug-likeness (QED) is 0.391. The highest BCUT2D eigenvalue weighted by molar-refractivity contribution is 5.91. The SMILES string of the molecule is CCOC(Cn1cc(C(=O)NCCCn2c(C)nc3ccccc32)nn1)OCC. The zero-order valence-electron chi connectivity index (χ0n) is 17.2. The van der Waals surface area contributed by atoms with E-state index in [4.69, 9.17) is 9.47 Å². The van der Waals surface area contributed by atoms with Crippen LogP contribution < -0.4 is 5.32 Å². The summed E-state index contributed by atoms with van der Waals surface area (Å²) in [6.45, 7) is 8.59. The van der Waals surface area contributed by atoms with Crippen molar-refractivity contribution in [1.82, 2.24) is 29.9 Å². The number of hydrogen-bond acceptors (Lipinski definition) is 6. The average Bonchev–Trinajstić information content (AvgIpc) is 3.29. The van der Waals surface area contributed by atoms with Crippen molar-refractivity contribution in [2.75, 3.05) is 19.8 Å². The first-order valence-corrected chi connectivity index (χ1v) is 9.95. The second-order valence-electron chi connectivity index (χ2n) is 6.57. The van der Waals surface area contributed by atoms with Gasteiger partial charge in [-0.05, 0) is 39.3 Å². The highest BCUT2D eigenvalue weighted by Crippen LogP contribution is 2.15. The minimum Gasteiger partial charge on any atom is -0.351 e. The highest BCUT2D eigenvalue weighted by Gasteiger charge is 2.14. The first-order chi connectivity index (χ1) is 14.1. The van der Waals surface area contributed by atoms with Crippen molar-refractivity contribution in [3.05, 3.63) is 42.0 Å². The summed E-state index contributed by atoms with van der Waals surface area (Å²) >= 11 is 0. The Morgan fingerprint density at radius 1 is 1.21 bits per heavy atom. The molecule has 2 heterocycles. The minimum absolute atomic E-state index is 0.243. The number of para-hydroxylation sites is 2. The van der Waals surface area contributed by atoms with E-state index in [2.05, 4.69) is 31.2 Å². The molecule has 3 aromatic rings. The lowest BCUT2D eigenvalue weighted by atomic mass is 10.3. The van der Waals surface area contributed by atoms with Crippen LogP contribution in [-0.2, 0) is 22.6 Å². The highest BCUT2D eigenvalue weighted by atomic mass is 16.7. The number of nitrogens with zero attached hydrogens (tertiary/aromatic N) is 5. The fourth-order valence-electron chi connectivity index (χ4n) is 3.18. The Morgan fingerprint density at radius 2 is 1.97 bits per heavy atom. The summed E-state index contributed by atoms with van der Waals surface area (Å²) in [6.07, 6.45) is 1.99. The number of amides is 1. The van der Waals surface area contributed by atoms with Crippen LogP contribution >= 0.6 is 0 Å². The normalized spacial score (nSPS) is 11.4. The number of hydrogen-bond donors (Lipinski definition) is 1. The third kappa shape index (κ3) is 5.39. The van der Waals surface area contributed by atoms with Crippen LogP contribution in [0.4, 0.5) is 0 Å². The number of aryl methyl sites for hydroxylation is 2. The molecule has 0 aliphatic carbocycles. The number of carbonyl (C=O) groups excluding carboxylic acids is 1. The fourth-order valence-corrected chi connectivity index (χ4v) is 3.18. The molecule has 9 nitrogen and oxygen atoms in total. The van der Waals surface area contributed by atoms with Gasteiger partial charge in [-0.15, -0.1) is 5.10 Å². The number of ether oxygens (including phenoxy) is 2. The van der Waals surface area contributed by atoms with Gasteiger partial charge >= 0.3 is 0 Å². The molecule has 3 rings (SSSR count). The average molecular weight is 400 g/mol. The second kappa shape index (κ2) is 10.1.